The molecule has 0 N–H and O–H groups in total. The highest BCUT2D eigenvalue weighted by Crippen LogP contribution is 2.37. The van der Waals surface area contributed by atoms with Gasteiger partial charge in [0.15, 0.2) is 5.69 Å². The van der Waals surface area contributed by atoms with E-state index >= 15 is 0 Å². The fourth-order valence-corrected chi connectivity index (χ4v) is 1.59. The Hall–Kier alpha value is -1.05. The van der Waals surface area contributed by atoms with Gasteiger partial charge in [-0.3, -0.25) is 4.68 Å². The van der Waals surface area contributed by atoms with Crippen LogP contribution in [0, 0.1) is 0 Å². The second-order valence-corrected chi connectivity index (χ2v) is 3.61. The molecule has 0 unspecified atom stereocenters. The van der Waals surface area contributed by atoms with Gasteiger partial charge in [-0.25, -0.2) is 4.79 Å². The Kier molecular flexibility index (Phi) is 3.61. The Morgan fingerprint density at radius 2 is 2.12 bits per heavy atom. The predicted octanol–water partition coefficient (Wildman–Crippen LogP) is 2.38. The molecule has 4 nitrogen and oxygen atoms in total. The van der Waals surface area contributed by atoms with Crippen LogP contribution in [0.2, 0.25) is 0 Å². The fraction of sp³-hybridized carbons (Fsp3) is 0.500. The SMILES string of the molecule is CCOC(=O)c1nn(C)c(Br)c1C(F)(F)F. The first-order valence-corrected chi connectivity index (χ1v) is 5.05. The Labute approximate surface area is 97.5 Å². The number of halogens is 4. The molecular formula is C8H8BrF3N2O2. The molecule has 0 saturated carbocycles. The van der Waals surface area contributed by atoms with Crippen molar-refractivity contribution >= 4 is 21.9 Å². The van der Waals surface area contributed by atoms with Gasteiger partial charge >= 0.3 is 12.1 Å². The first-order chi connectivity index (χ1) is 7.29. The summed E-state index contributed by atoms with van der Waals surface area (Å²) >= 11 is 2.73. The maximum atomic E-state index is 12.6. The molecule has 0 amide bonds. The van der Waals surface area contributed by atoms with E-state index in [1.807, 2.05) is 0 Å². The van der Waals surface area contributed by atoms with Crippen molar-refractivity contribution in [3.63, 3.8) is 0 Å². The molecule has 0 atom stereocenters. The van der Waals surface area contributed by atoms with E-state index in [9.17, 15) is 18.0 Å². The summed E-state index contributed by atoms with van der Waals surface area (Å²) in [7, 11) is 1.29. The zero-order valence-electron chi connectivity index (χ0n) is 8.43. The van der Waals surface area contributed by atoms with Crippen LogP contribution < -0.4 is 0 Å². The zero-order valence-corrected chi connectivity index (χ0v) is 10.0. The maximum Gasteiger partial charge on any atom is 0.421 e. The summed E-state index contributed by atoms with van der Waals surface area (Å²) in [5.41, 5.74) is -1.85. The van der Waals surface area contributed by atoms with Gasteiger partial charge < -0.3 is 4.74 Å². The number of hydrogen-bond donors (Lipinski definition) is 0. The molecule has 16 heavy (non-hydrogen) atoms. The number of esters is 1. The summed E-state index contributed by atoms with van der Waals surface area (Å²) in [6.45, 7) is 1.49. The molecule has 0 aliphatic heterocycles. The first-order valence-electron chi connectivity index (χ1n) is 4.25. The van der Waals surface area contributed by atoms with Gasteiger partial charge in [0.25, 0.3) is 0 Å². The molecule has 0 spiro atoms. The molecule has 1 aromatic rings. The molecule has 0 aromatic carbocycles. The largest absolute Gasteiger partial charge is 0.461 e. The van der Waals surface area contributed by atoms with Crippen molar-refractivity contribution in [3.8, 4) is 0 Å². The third kappa shape index (κ3) is 2.37. The summed E-state index contributed by atoms with van der Waals surface area (Å²) in [5.74, 6) is -1.09. The Morgan fingerprint density at radius 3 is 2.56 bits per heavy atom. The minimum atomic E-state index is -4.66. The molecule has 8 heteroatoms. The minimum Gasteiger partial charge on any atom is -0.461 e. The number of rotatable bonds is 2. The van der Waals surface area contributed by atoms with Crippen molar-refractivity contribution in [3.05, 3.63) is 15.9 Å². The predicted molar refractivity (Wildman–Crippen MR) is 51.9 cm³/mol. The highest BCUT2D eigenvalue weighted by molar-refractivity contribution is 9.10. The summed E-state index contributed by atoms with van der Waals surface area (Å²) in [5, 5.41) is 3.47. The van der Waals surface area contributed by atoms with Gasteiger partial charge in [-0.15, -0.1) is 0 Å². The van der Waals surface area contributed by atoms with Crippen molar-refractivity contribution in [1.29, 1.82) is 0 Å². The molecule has 0 saturated heterocycles. The van der Waals surface area contributed by atoms with Crippen LogP contribution in [0.1, 0.15) is 23.0 Å². The summed E-state index contributed by atoms with van der Waals surface area (Å²) in [4.78, 5) is 11.3. The lowest BCUT2D eigenvalue weighted by Gasteiger charge is -2.06. The average molecular weight is 301 g/mol. The fourth-order valence-electron chi connectivity index (χ4n) is 1.10. The highest BCUT2D eigenvalue weighted by Gasteiger charge is 2.41. The lowest BCUT2D eigenvalue weighted by molar-refractivity contribution is -0.138. The molecule has 0 bridgehead atoms. The van der Waals surface area contributed by atoms with E-state index < -0.39 is 23.4 Å². The van der Waals surface area contributed by atoms with Crippen molar-refractivity contribution < 1.29 is 22.7 Å². The molecule has 0 aliphatic rings. The lowest BCUT2D eigenvalue weighted by atomic mass is 10.2. The first kappa shape index (κ1) is 13.0. The summed E-state index contributed by atoms with van der Waals surface area (Å²) in [6.07, 6.45) is -4.66. The van der Waals surface area contributed by atoms with Crippen molar-refractivity contribution in [2.24, 2.45) is 7.05 Å². The lowest BCUT2D eigenvalue weighted by Crippen LogP contribution is -2.14. The number of nitrogens with zero attached hydrogens (tertiary/aromatic N) is 2. The Morgan fingerprint density at radius 1 is 1.56 bits per heavy atom. The van der Waals surface area contributed by atoms with E-state index in [4.69, 9.17) is 0 Å². The van der Waals surface area contributed by atoms with E-state index in [1.165, 1.54) is 14.0 Å². The smallest absolute Gasteiger partial charge is 0.421 e. The Balaban J connectivity index is 3.29. The van der Waals surface area contributed by atoms with Gasteiger partial charge in [0.1, 0.15) is 10.2 Å². The number of aromatic nitrogens is 2. The summed E-state index contributed by atoms with van der Waals surface area (Å²) in [6, 6.07) is 0. The number of carbonyl (C=O) groups is 1. The van der Waals surface area contributed by atoms with Crippen LogP contribution in [0.15, 0.2) is 4.60 Å². The van der Waals surface area contributed by atoms with E-state index in [-0.39, 0.29) is 11.2 Å². The van der Waals surface area contributed by atoms with E-state index in [2.05, 4.69) is 25.8 Å². The van der Waals surface area contributed by atoms with Crippen LogP contribution in [0.25, 0.3) is 0 Å². The third-order valence-electron chi connectivity index (χ3n) is 1.73. The normalized spacial score (nSPS) is 11.6. The van der Waals surface area contributed by atoms with Crippen molar-refractivity contribution in [2.75, 3.05) is 6.61 Å². The molecule has 90 valence electrons. The molecule has 1 aromatic heterocycles. The monoisotopic (exact) mass is 300 g/mol. The number of alkyl halides is 3. The van der Waals surface area contributed by atoms with E-state index in [0.717, 1.165) is 4.68 Å². The van der Waals surface area contributed by atoms with E-state index in [0.29, 0.717) is 0 Å². The molecular weight excluding hydrogens is 293 g/mol. The topological polar surface area (TPSA) is 44.1 Å². The van der Waals surface area contributed by atoms with Gasteiger partial charge in [0.05, 0.1) is 6.61 Å². The Bertz CT molecular complexity index is 414. The van der Waals surface area contributed by atoms with Crippen molar-refractivity contribution in [2.45, 2.75) is 13.1 Å². The number of hydrogen-bond acceptors (Lipinski definition) is 3. The summed E-state index contributed by atoms with van der Waals surface area (Å²) < 4.78 is 43.0. The second kappa shape index (κ2) is 4.44. The average Bonchev–Trinajstić information content (AvgIpc) is 2.43. The van der Waals surface area contributed by atoms with Gasteiger partial charge in [-0.2, -0.15) is 18.3 Å². The standard InChI is InChI=1S/C8H8BrF3N2O2/c1-3-16-7(15)5-4(8(10,11)12)6(9)14(2)13-5/h3H2,1-2H3. The van der Waals surface area contributed by atoms with Crippen molar-refractivity contribution in [1.82, 2.24) is 9.78 Å². The second-order valence-electron chi connectivity index (χ2n) is 2.86. The van der Waals surface area contributed by atoms with E-state index in [1.54, 1.807) is 0 Å². The zero-order chi connectivity index (χ0) is 12.5. The quantitative estimate of drug-likeness (QED) is 0.788. The molecule has 0 aliphatic carbocycles. The van der Waals surface area contributed by atoms with Gasteiger partial charge in [-0.1, -0.05) is 0 Å². The van der Waals surface area contributed by atoms with Crippen LogP contribution in [0.3, 0.4) is 0 Å². The van der Waals surface area contributed by atoms with Gasteiger partial charge in [0, 0.05) is 7.05 Å². The molecule has 1 rings (SSSR count). The van der Waals surface area contributed by atoms with Crippen LogP contribution in [0.5, 0.6) is 0 Å². The number of carbonyl (C=O) groups excluding carboxylic acids is 1. The van der Waals surface area contributed by atoms with Crippen LogP contribution in [-0.2, 0) is 18.0 Å². The van der Waals surface area contributed by atoms with Gasteiger partial charge in [-0.05, 0) is 22.9 Å². The molecule has 1 heterocycles. The number of aryl methyl sites for hydroxylation is 1. The minimum absolute atomic E-state index is 0.00960. The number of ether oxygens (including phenoxy) is 1. The molecule has 0 radical (unpaired) electrons. The van der Waals surface area contributed by atoms with Crippen LogP contribution >= 0.6 is 15.9 Å². The third-order valence-corrected chi connectivity index (χ3v) is 2.64. The maximum absolute atomic E-state index is 12.6. The van der Waals surface area contributed by atoms with Crippen LogP contribution in [0.4, 0.5) is 13.2 Å². The van der Waals surface area contributed by atoms with Crippen LogP contribution in [-0.4, -0.2) is 22.4 Å². The molecule has 0 fully saturated rings. The van der Waals surface area contributed by atoms with Gasteiger partial charge in [0.2, 0.25) is 0 Å². The highest BCUT2D eigenvalue weighted by atomic mass is 79.9.